The predicted octanol–water partition coefficient (Wildman–Crippen LogP) is 1.14. The van der Waals surface area contributed by atoms with E-state index in [2.05, 4.69) is 25.8 Å². The summed E-state index contributed by atoms with van der Waals surface area (Å²) in [6.45, 7) is 7.76. The molecule has 2 heteroatoms. The van der Waals surface area contributed by atoms with Crippen LogP contribution in [0.2, 0.25) is 0 Å². The van der Waals surface area contributed by atoms with E-state index in [4.69, 9.17) is 0 Å². The first-order valence-electron chi connectivity index (χ1n) is 3.39. The van der Waals surface area contributed by atoms with Gasteiger partial charge in [0.15, 0.2) is 0 Å². The van der Waals surface area contributed by atoms with Crippen molar-refractivity contribution in [3.8, 4) is 0 Å². The molecule has 0 fully saturated rings. The van der Waals surface area contributed by atoms with Crippen molar-refractivity contribution in [2.24, 2.45) is 0 Å². The first-order valence-corrected chi connectivity index (χ1v) is 3.39. The summed E-state index contributed by atoms with van der Waals surface area (Å²) >= 11 is 0. The Kier molecular flexibility index (Phi) is 2.49. The number of hydrogen-bond acceptors (Lipinski definition) is 0. The average molecular weight is 127 g/mol. The second-order valence-corrected chi connectivity index (χ2v) is 2.14. The van der Waals surface area contributed by atoms with E-state index in [1.54, 1.807) is 0 Å². The molecule has 1 radical (unpaired) electrons. The van der Waals surface area contributed by atoms with Gasteiger partial charge in [0.25, 0.3) is 0 Å². The van der Waals surface area contributed by atoms with Crippen molar-refractivity contribution >= 4 is 19.9 Å². The number of hydrogen-bond donors (Lipinski definition) is 0. The Morgan fingerprint density at radius 1 is 1.60 bits per heavy atom. The predicted molar refractivity (Wildman–Crippen MR) is 49.6 cm³/mol. The van der Waals surface area contributed by atoms with E-state index >= 15 is 0 Å². The normalized spacial score (nSPS) is 15.7. The standard InChI is InChI=1S/C8H9B2/c1-3-5-7-6-9-10-8(7)4-2/h3-6H,2H2,1H3/b5-3-. The summed E-state index contributed by atoms with van der Waals surface area (Å²) in [5, 5.41) is 0. The van der Waals surface area contributed by atoms with Crippen molar-refractivity contribution in [1.29, 1.82) is 0 Å². The summed E-state index contributed by atoms with van der Waals surface area (Å²) in [4.78, 5) is 0. The van der Waals surface area contributed by atoms with Gasteiger partial charge < -0.3 is 0 Å². The third kappa shape index (κ3) is 1.38. The summed E-state index contributed by atoms with van der Waals surface area (Å²) in [7, 11) is 2.06. The van der Waals surface area contributed by atoms with Crippen molar-refractivity contribution in [3.63, 3.8) is 0 Å². The fourth-order valence-corrected chi connectivity index (χ4v) is 0.965. The Hall–Kier alpha value is -0.780. The van der Waals surface area contributed by atoms with Gasteiger partial charge in [0.1, 0.15) is 0 Å². The topological polar surface area (TPSA) is 0 Å². The minimum atomic E-state index is 1.21. The summed E-state index contributed by atoms with van der Waals surface area (Å²) in [5.74, 6) is 2.08. The van der Waals surface area contributed by atoms with Gasteiger partial charge in [0, 0.05) is 0 Å². The Morgan fingerprint density at radius 2 is 2.40 bits per heavy atom. The molecule has 0 amide bonds. The molecule has 1 aliphatic rings. The molecule has 0 saturated heterocycles. The molecule has 0 aliphatic carbocycles. The van der Waals surface area contributed by atoms with Gasteiger partial charge in [-0.15, -0.1) is 0 Å². The third-order valence-electron chi connectivity index (χ3n) is 1.45. The Bertz CT molecular complexity index is 221. The molecule has 1 aliphatic heterocycles. The van der Waals surface area contributed by atoms with Crippen LogP contribution in [0.3, 0.4) is 0 Å². The molecule has 0 aromatic carbocycles. The maximum absolute atomic E-state index is 3.71. The van der Waals surface area contributed by atoms with Gasteiger partial charge in [-0.05, 0) is 0 Å². The second-order valence-electron chi connectivity index (χ2n) is 2.14. The van der Waals surface area contributed by atoms with Gasteiger partial charge in [-0.1, -0.05) is 0 Å². The molecular formula is C8H9B2. The van der Waals surface area contributed by atoms with Crippen LogP contribution in [0.4, 0.5) is 0 Å². The van der Waals surface area contributed by atoms with Crippen LogP contribution in [0.15, 0.2) is 35.9 Å². The SMILES string of the molecule is C=CC1=C(/C=C\C)C=B[B]1. The van der Waals surface area contributed by atoms with E-state index in [9.17, 15) is 0 Å². The first kappa shape index (κ1) is 7.33. The van der Waals surface area contributed by atoms with Crippen LogP contribution in [-0.2, 0) is 0 Å². The molecule has 0 aromatic heterocycles. The van der Waals surface area contributed by atoms with E-state index in [1.807, 2.05) is 25.9 Å². The third-order valence-corrected chi connectivity index (χ3v) is 1.45. The van der Waals surface area contributed by atoms with Crippen molar-refractivity contribution in [1.82, 2.24) is 0 Å². The molecule has 0 nitrogen and oxygen atoms in total. The van der Waals surface area contributed by atoms with E-state index < -0.39 is 0 Å². The van der Waals surface area contributed by atoms with Gasteiger partial charge in [-0.2, -0.15) is 0 Å². The van der Waals surface area contributed by atoms with Crippen LogP contribution in [-0.4, -0.2) is 19.9 Å². The Balaban J connectivity index is 2.86. The minimum absolute atomic E-state index is 1.21. The molecule has 0 bridgehead atoms. The van der Waals surface area contributed by atoms with Crippen molar-refractivity contribution in [2.75, 3.05) is 0 Å². The molecular weight excluding hydrogens is 118 g/mol. The van der Waals surface area contributed by atoms with Crippen LogP contribution in [0.5, 0.6) is 0 Å². The summed E-state index contributed by atoms with van der Waals surface area (Å²) in [6, 6.07) is 0. The average Bonchev–Trinajstić information content (AvgIpc) is 2.36. The molecule has 0 spiro atoms. The van der Waals surface area contributed by atoms with Gasteiger partial charge in [0.05, 0.1) is 0 Å². The molecule has 0 saturated carbocycles. The van der Waals surface area contributed by atoms with E-state index in [1.165, 1.54) is 11.0 Å². The van der Waals surface area contributed by atoms with E-state index in [-0.39, 0.29) is 0 Å². The molecule has 1 heterocycles. The number of allylic oxidation sites excluding steroid dienone is 5. The molecule has 0 unspecified atom stereocenters. The van der Waals surface area contributed by atoms with Crippen molar-refractivity contribution in [3.05, 3.63) is 35.9 Å². The summed E-state index contributed by atoms with van der Waals surface area (Å²) in [6.07, 6.45) is 5.98. The van der Waals surface area contributed by atoms with E-state index in [0.29, 0.717) is 0 Å². The molecule has 10 heavy (non-hydrogen) atoms. The Labute approximate surface area is 63.5 Å². The summed E-state index contributed by atoms with van der Waals surface area (Å²) in [5.41, 5.74) is 2.45. The van der Waals surface area contributed by atoms with Crippen LogP contribution < -0.4 is 0 Å². The fourth-order valence-electron chi connectivity index (χ4n) is 0.965. The molecule has 0 atom stereocenters. The monoisotopic (exact) mass is 127 g/mol. The molecule has 47 valence electrons. The zero-order chi connectivity index (χ0) is 7.40. The zero-order valence-electron chi connectivity index (χ0n) is 6.17. The molecule has 0 N–H and O–H groups in total. The maximum atomic E-state index is 3.71. The molecule has 1 rings (SSSR count). The van der Waals surface area contributed by atoms with Gasteiger partial charge in [-0.3, -0.25) is 0 Å². The van der Waals surface area contributed by atoms with Crippen LogP contribution in [0, 0.1) is 0 Å². The zero-order valence-corrected chi connectivity index (χ0v) is 6.17. The first-order chi connectivity index (χ1) is 4.88. The fraction of sp³-hybridized carbons (Fsp3) is 0.125. The summed E-state index contributed by atoms with van der Waals surface area (Å²) < 4.78 is 0. The van der Waals surface area contributed by atoms with Crippen LogP contribution in [0.25, 0.3) is 0 Å². The second kappa shape index (κ2) is 3.40. The van der Waals surface area contributed by atoms with Gasteiger partial charge in [0.2, 0.25) is 0 Å². The number of rotatable bonds is 2. The quantitative estimate of drug-likeness (QED) is 0.487. The van der Waals surface area contributed by atoms with Crippen molar-refractivity contribution in [2.45, 2.75) is 6.92 Å². The Morgan fingerprint density at radius 3 is 3.00 bits per heavy atom. The van der Waals surface area contributed by atoms with Crippen LogP contribution >= 0.6 is 0 Å². The van der Waals surface area contributed by atoms with E-state index in [0.717, 1.165) is 0 Å². The van der Waals surface area contributed by atoms with Crippen LogP contribution in [0.1, 0.15) is 6.92 Å². The molecule has 0 aromatic rings. The van der Waals surface area contributed by atoms with Gasteiger partial charge >= 0.3 is 62.7 Å². The van der Waals surface area contributed by atoms with Gasteiger partial charge in [-0.25, -0.2) is 0 Å². The van der Waals surface area contributed by atoms with Crippen molar-refractivity contribution < 1.29 is 0 Å².